The molecule has 0 spiro atoms. The van der Waals surface area contributed by atoms with E-state index in [9.17, 15) is 0 Å². The van der Waals surface area contributed by atoms with Gasteiger partial charge >= 0.3 is 0 Å². The molecule has 0 unspecified atom stereocenters. The maximum Gasteiger partial charge on any atom is 0.161 e. The lowest BCUT2D eigenvalue weighted by molar-refractivity contribution is 0.355. The van der Waals surface area contributed by atoms with Crippen LogP contribution in [0.15, 0.2) is 23.2 Å². The standard InChI is InChI=1S/C13H18N2O2/c1-16-12-4-3-10(7-13(12)17-2)8-15-11-5-6-14-9-11/h3-4,7-8,11,14H,5-6,9H2,1-2H3/t11-/m1/s1. The largest absolute Gasteiger partial charge is 0.493 e. The van der Waals surface area contributed by atoms with E-state index in [1.165, 1.54) is 0 Å². The van der Waals surface area contributed by atoms with E-state index in [0.717, 1.165) is 36.6 Å². The summed E-state index contributed by atoms with van der Waals surface area (Å²) >= 11 is 0. The number of ether oxygens (including phenoxy) is 2. The molecule has 1 saturated heterocycles. The number of rotatable bonds is 4. The lowest BCUT2D eigenvalue weighted by Gasteiger charge is -2.07. The van der Waals surface area contributed by atoms with E-state index >= 15 is 0 Å². The molecule has 0 bridgehead atoms. The van der Waals surface area contributed by atoms with Crippen LogP contribution in [0.2, 0.25) is 0 Å². The van der Waals surface area contributed by atoms with Gasteiger partial charge in [-0.3, -0.25) is 4.99 Å². The molecular weight excluding hydrogens is 216 g/mol. The van der Waals surface area contributed by atoms with Crippen LogP contribution >= 0.6 is 0 Å². The van der Waals surface area contributed by atoms with E-state index in [1.807, 2.05) is 24.4 Å². The molecule has 1 N–H and O–H groups in total. The van der Waals surface area contributed by atoms with Crippen LogP contribution in [-0.4, -0.2) is 39.6 Å². The van der Waals surface area contributed by atoms with E-state index in [0.29, 0.717) is 6.04 Å². The van der Waals surface area contributed by atoms with Gasteiger partial charge in [0, 0.05) is 12.8 Å². The van der Waals surface area contributed by atoms with E-state index < -0.39 is 0 Å². The molecule has 2 rings (SSSR count). The molecule has 1 aromatic rings. The van der Waals surface area contributed by atoms with Crippen LogP contribution in [0, 0.1) is 0 Å². The quantitative estimate of drug-likeness (QED) is 0.802. The summed E-state index contributed by atoms with van der Waals surface area (Å²) in [4.78, 5) is 4.54. The summed E-state index contributed by atoms with van der Waals surface area (Å²) in [6.45, 7) is 2.04. The predicted molar refractivity (Wildman–Crippen MR) is 68.4 cm³/mol. The molecule has 92 valence electrons. The summed E-state index contributed by atoms with van der Waals surface area (Å²) in [5.41, 5.74) is 1.04. The Bertz CT molecular complexity index is 398. The van der Waals surface area contributed by atoms with Crippen LogP contribution in [0.1, 0.15) is 12.0 Å². The van der Waals surface area contributed by atoms with Crippen molar-refractivity contribution in [2.75, 3.05) is 27.3 Å². The fourth-order valence-corrected chi connectivity index (χ4v) is 1.89. The first kappa shape index (κ1) is 11.9. The van der Waals surface area contributed by atoms with Gasteiger partial charge in [-0.25, -0.2) is 0 Å². The number of hydrogen-bond acceptors (Lipinski definition) is 4. The molecule has 0 amide bonds. The molecule has 0 aliphatic carbocycles. The Morgan fingerprint density at radius 2 is 2.12 bits per heavy atom. The summed E-state index contributed by atoms with van der Waals surface area (Å²) in [6.07, 6.45) is 3.02. The smallest absolute Gasteiger partial charge is 0.161 e. The molecule has 1 aliphatic heterocycles. The van der Waals surface area contributed by atoms with E-state index in [2.05, 4.69) is 10.3 Å². The molecule has 0 radical (unpaired) electrons. The third-order valence-electron chi connectivity index (χ3n) is 2.88. The number of hydrogen-bond donors (Lipinski definition) is 1. The first-order valence-electron chi connectivity index (χ1n) is 5.79. The second kappa shape index (κ2) is 5.68. The Labute approximate surface area is 102 Å². The lowest BCUT2D eigenvalue weighted by atomic mass is 10.2. The molecule has 1 heterocycles. The van der Waals surface area contributed by atoms with E-state index in [-0.39, 0.29) is 0 Å². The van der Waals surface area contributed by atoms with Gasteiger partial charge < -0.3 is 14.8 Å². The summed E-state index contributed by atoms with van der Waals surface area (Å²) in [6, 6.07) is 6.22. The van der Waals surface area contributed by atoms with Crippen molar-refractivity contribution in [3.05, 3.63) is 23.8 Å². The fraction of sp³-hybridized carbons (Fsp3) is 0.462. The SMILES string of the molecule is COc1ccc(C=N[C@@H]2CCNC2)cc1OC. The zero-order chi connectivity index (χ0) is 12.1. The first-order valence-corrected chi connectivity index (χ1v) is 5.79. The fourth-order valence-electron chi connectivity index (χ4n) is 1.89. The molecule has 4 heteroatoms. The normalized spacial score (nSPS) is 19.8. The second-order valence-corrected chi connectivity index (χ2v) is 4.04. The number of nitrogens with zero attached hydrogens (tertiary/aromatic N) is 1. The molecule has 1 aliphatic rings. The number of benzene rings is 1. The molecule has 0 saturated carbocycles. The Balaban J connectivity index is 2.10. The Morgan fingerprint density at radius 3 is 2.76 bits per heavy atom. The molecule has 17 heavy (non-hydrogen) atoms. The Morgan fingerprint density at radius 1 is 1.29 bits per heavy atom. The third-order valence-corrected chi connectivity index (χ3v) is 2.88. The maximum atomic E-state index is 5.25. The molecule has 1 fully saturated rings. The van der Waals surface area contributed by atoms with Gasteiger partial charge in [-0.1, -0.05) is 0 Å². The summed E-state index contributed by atoms with van der Waals surface area (Å²) in [5.74, 6) is 1.48. The van der Waals surface area contributed by atoms with Crippen LogP contribution in [-0.2, 0) is 0 Å². The van der Waals surface area contributed by atoms with Crippen LogP contribution in [0.5, 0.6) is 11.5 Å². The van der Waals surface area contributed by atoms with Crippen molar-refractivity contribution in [2.45, 2.75) is 12.5 Å². The monoisotopic (exact) mass is 234 g/mol. The molecule has 4 nitrogen and oxygen atoms in total. The number of methoxy groups -OCH3 is 2. The summed E-state index contributed by atoms with van der Waals surface area (Å²) < 4.78 is 10.4. The highest BCUT2D eigenvalue weighted by atomic mass is 16.5. The third kappa shape index (κ3) is 2.97. The van der Waals surface area contributed by atoms with Gasteiger partial charge in [-0.05, 0) is 36.7 Å². The average molecular weight is 234 g/mol. The van der Waals surface area contributed by atoms with Crippen molar-refractivity contribution in [2.24, 2.45) is 4.99 Å². The second-order valence-electron chi connectivity index (χ2n) is 4.04. The molecule has 1 aromatic carbocycles. The topological polar surface area (TPSA) is 42.8 Å². The molecule has 1 atom stereocenters. The van der Waals surface area contributed by atoms with Crippen LogP contribution < -0.4 is 14.8 Å². The minimum absolute atomic E-state index is 0.406. The van der Waals surface area contributed by atoms with Crippen LogP contribution in [0.3, 0.4) is 0 Å². The first-order chi connectivity index (χ1) is 8.33. The van der Waals surface area contributed by atoms with Gasteiger partial charge in [-0.2, -0.15) is 0 Å². The van der Waals surface area contributed by atoms with Crippen LogP contribution in [0.4, 0.5) is 0 Å². The van der Waals surface area contributed by atoms with Crippen molar-refractivity contribution in [1.29, 1.82) is 0 Å². The highest BCUT2D eigenvalue weighted by molar-refractivity contribution is 5.81. The van der Waals surface area contributed by atoms with Gasteiger partial charge in [-0.15, -0.1) is 0 Å². The number of nitrogens with one attached hydrogen (secondary N) is 1. The van der Waals surface area contributed by atoms with E-state index in [1.54, 1.807) is 14.2 Å². The van der Waals surface area contributed by atoms with Crippen molar-refractivity contribution in [3.63, 3.8) is 0 Å². The Hall–Kier alpha value is -1.55. The van der Waals surface area contributed by atoms with Crippen molar-refractivity contribution >= 4 is 6.21 Å². The minimum atomic E-state index is 0.406. The van der Waals surface area contributed by atoms with Crippen molar-refractivity contribution in [3.8, 4) is 11.5 Å². The van der Waals surface area contributed by atoms with Crippen LogP contribution in [0.25, 0.3) is 0 Å². The van der Waals surface area contributed by atoms with Gasteiger partial charge in [0.15, 0.2) is 11.5 Å². The number of aliphatic imine (C=N–C) groups is 1. The van der Waals surface area contributed by atoms with Crippen molar-refractivity contribution < 1.29 is 9.47 Å². The average Bonchev–Trinajstić information content (AvgIpc) is 2.89. The van der Waals surface area contributed by atoms with Gasteiger partial charge in [0.05, 0.1) is 20.3 Å². The summed E-state index contributed by atoms with van der Waals surface area (Å²) in [7, 11) is 3.27. The van der Waals surface area contributed by atoms with Gasteiger partial charge in [0.2, 0.25) is 0 Å². The highest BCUT2D eigenvalue weighted by Gasteiger charge is 2.11. The zero-order valence-electron chi connectivity index (χ0n) is 10.3. The predicted octanol–water partition coefficient (Wildman–Crippen LogP) is 1.48. The Kier molecular flexibility index (Phi) is 3.98. The molecule has 0 aromatic heterocycles. The van der Waals surface area contributed by atoms with Crippen molar-refractivity contribution in [1.82, 2.24) is 5.32 Å². The van der Waals surface area contributed by atoms with Gasteiger partial charge in [0.1, 0.15) is 0 Å². The zero-order valence-corrected chi connectivity index (χ0v) is 10.3. The lowest BCUT2D eigenvalue weighted by Crippen LogP contribution is -2.11. The maximum absolute atomic E-state index is 5.25. The van der Waals surface area contributed by atoms with E-state index in [4.69, 9.17) is 9.47 Å². The summed E-state index contributed by atoms with van der Waals surface area (Å²) in [5, 5.41) is 3.29. The minimum Gasteiger partial charge on any atom is -0.493 e. The molecular formula is C13H18N2O2. The van der Waals surface area contributed by atoms with Gasteiger partial charge in [0.25, 0.3) is 0 Å². The highest BCUT2D eigenvalue weighted by Crippen LogP contribution is 2.26.